The summed E-state index contributed by atoms with van der Waals surface area (Å²) in [5.41, 5.74) is 2.15. The van der Waals surface area contributed by atoms with E-state index in [0.717, 1.165) is 22.6 Å². The Morgan fingerprint density at radius 2 is 2.00 bits per heavy atom. The number of nitro groups is 1. The number of hydrogen-bond donors (Lipinski definition) is 0. The summed E-state index contributed by atoms with van der Waals surface area (Å²) in [6.45, 7) is 5.89. The van der Waals surface area contributed by atoms with Crippen LogP contribution < -0.4 is 4.90 Å². The van der Waals surface area contributed by atoms with Crippen molar-refractivity contribution in [2.24, 2.45) is 7.05 Å². The second-order valence-electron chi connectivity index (χ2n) is 7.40. The predicted molar refractivity (Wildman–Crippen MR) is 108 cm³/mol. The summed E-state index contributed by atoms with van der Waals surface area (Å²) in [4.78, 5) is 21.9. The number of non-ortho nitro benzene ring substituents is 1. The van der Waals surface area contributed by atoms with Gasteiger partial charge in [0.25, 0.3) is 5.69 Å². The summed E-state index contributed by atoms with van der Waals surface area (Å²) in [6.07, 6.45) is 3.80. The van der Waals surface area contributed by atoms with Gasteiger partial charge in [-0.3, -0.25) is 14.8 Å². The van der Waals surface area contributed by atoms with E-state index in [9.17, 15) is 10.1 Å². The molecule has 0 spiro atoms. The zero-order valence-corrected chi connectivity index (χ0v) is 16.6. The van der Waals surface area contributed by atoms with Gasteiger partial charge in [0.1, 0.15) is 11.4 Å². The molecule has 1 aliphatic heterocycles. The van der Waals surface area contributed by atoms with Crippen LogP contribution in [0.1, 0.15) is 18.2 Å². The molecular formula is C20H22N6O3. The standard InChI is InChI=1S/C20H22N6O3/c1-14-10-18(23-19(22-14)15-4-6-17(7-5-15)26(27)28)25-8-9-29-20(2,13-25)16-11-21-24(3)12-16/h4-7,10-12H,8-9,13H2,1-3H3. The summed E-state index contributed by atoms with van der Waals surface area (Å²) in [6, 6.07) is 8.24. The van der Waals surface area contributed by atoms with E-state index in [0.29, 0.717) is 25.5 Å². The van der Waals surface area contributed by atoms with Crippen molar-refractivity contribution in [3.8, 4) is 11.4 Å². The van der Waals surface area contributed by atoms with Gasteiger partial charge in [-0.1, -0.05) is 0 Å². The molecule has 0 bridgehead atoms. The van der Waals surface area contributed by atoms with Gasteiger partial charge in [0.15, 0.2) is 5.82 Å². The quantitative estimate of drug-likeness (QED) is 0.495. The lowest BCUT2D eigenvalue weighted by Crippen LogP contribution is -2.48. The van der Waals surface area contributed by atoms with Crippen LogP contribution in [0.4, 0.5) is 11.5 Å². The highest BCUT2D eigenvalue weighted by Gasteiger charge is 2.35. The van der Waals surface area contributed by atoms with Crippen molar-refractivity contribution in [1.82, 2.24) is 19.7 Å². The molecule has 0 amide bonds. The lowest BCUT2D eigenvalue weighted by Gasteiger charge is -2.40. The number of rotatable bonds is 4. The number of benzene rings is 1. The number of aromatic nitrogens is 4. The molecule has 3 aromatic rings. The van der Waals surface area contributed by atoms with Crippen molar-refractivity contribution in [3.05, 3.63) is 64.1 Å². The Hall–Kier alpha value is -3.33. The molecule has 1 aromatic carbocycles. The summed E-state index contributed by atoms with van der Waals surface area (Å²) >= 11 is 0. The number of hydrogen-bond acceptors (Lipinski definition) is 7. The maximum Gasteiger partial charge on any atom is 0.269 e. The third kappa shape index (κ3) is 3.81. The molecule has 0 aliphatic carbocycles. The smallest absolute Gasteiger partial charge is 0.269 e. The molecule has 0 N–H and O–H groups in total. The second kappa shape index (κ2) is 7.25. The van der Waals surface area contributed by atoms with Crippen LogP contribution in [0.15, 0.2) is 42.7 Å². The van der Waals surface area contributed by atoms with Crippen LogP contribution in [-0.4, -0.2) is 44.4 Å². The van der Waals surface area contributed by atoms with Gasteiger partial charge in [0.2, 0.25) is 0 Å². The fourth-order valence-electron chi connectivity index (χ4n) is 3.51. The van der Waals surface area contributed by atoms with Crippen molar-refractivity contribution in [3.63, 3.8) is 0 Å². The van der Waals surface area contributed by atoms with Crippen molar-refractivity contribution >= 4 is 11.5 Å². The average molecular weight is 394 g/mol. The fourth-order valence-corrected chi connectivity index (χ4v) is 3.51. The third-order valence-electron chi connectivity index (χ3n) is 5.09. The van der Waals surface area contributed by atoms with E-state index in [1.54, 1.807) is 16.8 Å². The Balaban J connectivity index is 1.64. The molecule has 3 heterocycles. The molecule has 4 rings (SSSR count). The fraction of sp³-hybridized carbons (Fsp3) is 0.350. The Bertz CT molecular complexity index is 1050. The van der Waals surface area contributed by atoms with Crippen LogP contribution in [0.5, 0.6) is 0 Å². The minimum atomic E-state index is -0.487. The first-order valence-electron chi connectivity index (χ1n) is 9.33. The van der Waals surface area contributed by atoms with Gasteiger partial charge in [-0.05, 0) is 26.0 Å². The maximum absolute atomic E-state index is 10.9. The Kier molecular flexibility index (Phi) is 4.75. The predicted octanol–water partition coefficient (Wildman–Crippen LogP) is 2.85. The van der Waals surface area contributed by atoms with Crippen molar-refractivity contribution in [2.45, 2.75) is 19.4 Å². The van der Waals surface area contributed by atoms with Gasteiger partial charge in [-0.2, -0.15) is 5.10 Å². The largest absolute Gasteiger partial charge is 0.367 e. The van der Waals surface area contributed by atoms with Crippen LogP contribution in [0.25, 0.3) is 11.4 Å². The molecule has 0 saturated carbocycles. The minimum Gasteiger partial charge on any atom is -0.367 e. The average Bonchev–Trinajstić information content (AvgIpc) is 3.15. The summed E-state index contributed by atoms with van der Waals surface area (Å²) in [5, 5.41) is 15.2. The van der Waals surface area contributed by atoms with Crippen molar-refractivity contribution in [2.75, 3.05) is 24.6 Å². The van der Waals surface area contributed by atoms with E-state index in [1.807, 2.05) is 32.4 Å². The first kappa shape index (κ1) is 19.0. The molecule has 1 atom stereocenters. The van der Waals surface area contributed by atoms with Gasteiger partial charge in [-0.25, -0.2) is 9.97 Å². The minimum absolute atomic E-state index is 0.0436. The van der Waals surface area contributed by atoms with E-state index in [2.05, 4.69) is 21.9 Å². The van der Waals surface area contributed by atoms with Gasteiger partial charge >= 0.3 is 0 Å². The van der Waals surface area contributed by atoms with E-state index >= 15 is 0 Å². The number of aryl methyl sites for hydroxylation is 2. The topological polar surface area (TPSA) is 99.2 Å². The maximum atomic E-state index is 10.9. The second-order valence-corrected chi connectivity index (χ2v) is 7.40. The van der Waals surface area contributed by atoms with Gasteiger partial charge in [0, 0.05) is 54.8 Å². The number of morpholine rings is 1. The van der Waals surface area contributed by atoms with Crippen LogP contribution in [-0.2, 0) is 17.4 Å². The van der Waals surface area contributed by atoms with Gasteiger partial charge in [0.05, 0.1) is 24.3 Å². The first-order valence-corrected chi connectivity index (χ1v) is 9.33. The van der Waals surface area contributed by atoms with Gasteiger partial charge < -0.3 is 9.64 Å². The normalized spacial score (nSPS) is 19.3. The molecule has 9 heteroatoms. The van der Waals surface area contributed by atoms with Crippen LogP contribution in [0.2, 0.25) is 0 Å². The van der Waals surface area contributed by atoms with E-state index in [1.165, 1.54) is 12.1 Å². The summed E-state index contributed by atoms with van der Waals surface area (Å²) < 4.78 is 7.86. The summed E-state index contributed by atoms with van der Waals surface area (Å²) in [7, 11) is 1.89. The van der Waals surface area contributed by atoms with E-state index in [4.69, 9.17) is 9.72 Å². The molecule has 150 valence electrons. The van der Waals surface area contributed by atoms with Crippen LogP contribution in [0, 0.1) is 17.0 Å². The Morgan fingerprint density at radius 3 is 2.66 bits per heavy atom. The monoisotopic (exact) mass is 394 g/mol. The highest BCUT2D eigenvalue weighted by Crippen LogP contribution is 2.32. The zero-order valence-electron chi connectivity index (χ0n) is 16.6. The van der Waals surface area contributed by atoms with Crippen molar-refractivity contribution < 1.29 is 9.66 Å². The van der Waals surface area contributed by atoms with Crippen LogP contribution in [0.3, 0.4) is 0 Å². The third-order valence-corrected chi connectivity index (χ3v) is 5.09. The summed E-state index contributed by atoms with van der Waals surface area (Å²) in [5.74, 6) is 1.36. The molecule has 2 aromatic heterocycles. The number of nitro benzene ring substituents is 1. The number of nitrogens with zero attached hydrogens (tertiary/aromatic N) is 6. The molecule has 1 aliphatic rings. The highest BCUT2D eigenvalue weighted by atomic mass is 16.6. The lowest BCUT2D eigenvalue weighted by atomic mass is 9.97. The molecule has 0 radical (unpaired) electrons. The number of ether oxygens (including phenoxy) is 1. The Labute approximate surface area is 168 Å². The first-order chi connectivity index (χ1) is 13.8. The van der Waals surface area contributed by atoms with Gasteiger partial charge in [-0.15, -0.1) is 0 Å². The lowest BCUT2D eigenvalue weighted by molar-refractivity contribution is -0.384. The SMILES string of the molecule is Cc1cc(N2CCOC(C)(c3cnn(C)c3)C2)nc(-c2ccc([N+](=O)[O-])cc2)n1. The molecule has 1 fully saturated rings. The highest BCUT2D eigenvalue weighted by molar-refractivity contribution is 5.60. The molecule has 1 saturated heterocycles. The molecular weight excluding hydrogens is 372 g/mol. The van der Waals surface area contributed by atoms with E-state index in [-0.39, 0.29) is 5.69 Å². The van der Waals surface area contributed by atoms with Crippen LogP contribution >= 0.6 is 0 Å². The number of anilines is 1. The Morgan fingerprint density at radius 1 is 1.24 bits per heavy atom. The zero-order chi connectivity index (χ0) is 20.6. The molecule has 1 unspecified atom stereocenters. The van der Waals surface area contributed by atoms with Crippen molar-refractivity contribution in [1.29, 1.82) is 0 Å². The molecule has 29 heavy (non-hydrogen) atoms. The van der Waals surface area contributed by atoms with E-state index < -0.39 is 10.5 Å². The molecule has 9 nitrogen and oxygen atoms in total.